The number of anilines is 1. The molecule has 1 fully saturated rings. The Bertz CT molecular complexity index is 683. The monoisotopic (exact) mass is 364 g/mol. The number of ether oxygens (including phenoxy) is 1. The van der Waals surface area contributed by atoms with E-state index < -0.39 is 0 Å². The smallest absolute Gasteiger partial charge is 0.228 e. The van der Waals surface area contributed by atoms with Gasteiger partial charge >= 0.3 is 0 Å². The second-order valence-corrected chi connectivity index (χ2v) is 8.01. The van der Waals surface area contributed by atoms with E-state index in [1.807, 2.05) is 12.1 Å². The number of benzene rings is 1. The molecule has 7 heteroatoms. The van der Waals surface area contributed by atoms with Crippen LogP contribution in [-0.4, -0.2) is 41.1 Å². The summed E-state index contributed by atoms with van der Waals surface area (Å²) in [5.41, 5.74) is 1.08. The van der Waals surface area contributed by atoms with Crippen molar-refractivity contribution in [3.8, 4) is 0 Å². The third-order valence-electron chi connectivity index (χ3n) is 4.16. The van der Waals surface area contributed by atoms with Crippen LogP contribution >= 0.6 is 11.8 Å². The van der Waals surface area contributed by atoms with Crippen LogP contribution < -0.4 is 4.90 Å². The van der Waals surface area contributed by atoms with Crippen molar-refractivity contribution in [1.29, 1.82) is 0 Å². The fourth-order valence-electron chi connectivity index (χ4n) is 2.85. The van der Waals surface area contributed by atoms with Crippen LogP contribution in [0.1, 0.15) is 31.6 Å². The van der Waals surface area contributed by atoms with Crippen LogP contribution in [-0.2, 0) is 11.3 Å². The molecule has 1 atom stereocenters. The fourth-order valence-corrected chi connectivity index (χ4v) is 3.83. The summed E-state index contributed by atoms with van der Waals surface area (Å²) in [4.78, 5) is 2.24. The summed E-state index contributed by atoms with van der Waals surface area (Å²) in [7, 11) is 0. The molecule has 25 heavy (non-hydrogen) atoms. The molecular formula is C18H25FN4OS. The summed E-state index contributed by atoms with van der Waals surface area (Å²) in [6.07, 6.45) is 0. The lowest BCUT2D eigenvalue weighted by Crippen LogP contribution is -2.38. The van der Waals surface area contributed by atoms with E-state index in [0.29, 0.717) is 5.92 Å². The molecule has 0 N–H and O–H groups in total. The maximum Gasteiger partial charge on any atom is 0.228 e. The van der Waals surface area contributed by atoms with Crippen molar-refractivity contribution < 1.29 is 9.13 Å². The van der Waals surface area contributed by atoms with Gasteiger partial charge in [0.15, 0.2) is 5.16 Å². The van der Waals surface area contributed by atoms with E-state index in [4.69, 9.17) is 4.74 Å². The first-order valence-corrected chi connectivity index (χ1v) is 9.60. The largest absolute Gasteiger partial charge is 0.378 e. The van der Waals surface area contributed by atoms with E-state index in [2.05, 4.69) is 40.4 Å². The van der Waals surface area contributed by atoms with Crippen molar-refractivity contribution in [1.82, 2.24) is 14.8 Å². The number of hydrogen-bond donors (Lipinski definition) is 0. The lowest BCUT2D eigenvalue weighted by molar-refractivity contribution is 0.121. The number of thioether (sulfide) groups is 1. The van der Waals surface area contributed by atoms with Crippen molar-refractivity contribution in [2.75, 3.05) is 31.2 Å². The molecule has 3 rings (SSSR count). The second-order valence-electron chi connectivity index (χ2n) is 6.70. The zero-order chi connectivity index (χ0) is 17.8. The van der Waals surface area contributed by atoms with Crippen LogP contribution in [0.3, 0.4) is 0 Å². The maximum atomic E-state index is 13.1. The van der Waals surface area contributed by atoms with Crippen molar-refractivity contribution >= 4 is 17.7 Å². The Morgan fingerprint density at radius 3 is 2.44 bits per heavy atom. The lowest BCUT2D eigenvalue weighted by Gasteiger charge is -2.28. The van der Waals surface area contributed by atoms with Crippen LogP contribution in [0, 0.1) is 11.7 Å². The summed E-state index contributed by atoms with van der Waals surface area (Å²) in [5.74, 6) is 1.21. The van der Waals surface area contributed by atoms with Gasteiger partial charge in [-0.05, 0) is 30.5 Å². The van der Waals surface area contributed by atoms with E-state index in [1.54, 1.807) is 11.8 Å². The Hall–Kier alpha value is -1.60. The Morgan fingerprint density at radius 1 is 1.12 bits per heavy atom. The predicted octanol–water partition coefficient (Wildman–Crippen LogP) is 3.76. The Morgan fingerprint density at radius 2 is 1.80 bits per heavy atom. The van der Waals surface area contributed by atoms with Gasteiger partial charge in [0.05, 0.1) is 13.2 Å². The van der Waals surface area contributed by atoms with Crippen LogP contribution in [0.15, 0.2) is 29.4 Å². The number of hydrogen-bond acceptors (Lipinski definition) is 5. The molecule has 0 unspecified atom stereocenters. The van der Waals surface area contributed by atoms with Crippen LogP contribution in [0.2, 0.25) is 0 Å². The van der Waals surface area contributed by atoms with Gasteiger partial charge in [0.25, 0.3) is 0 Å². The van der Waals surface area contributed by atoms with Crippen molar-refractivity contribution in [2.24, 2.45) is 5.92 Å². The quantitative estimate of drug-likeness (QED) is 0.730. The molecule has 0 aliphatic carbocycles. The summed E-state index contributed by atoms with van der Waals surface area (Å²) in [6, 6.07) is 6.67. The Labute approximate surface area is 152 Å². The molecule has 136 valence electrons. The standard InChI is InChI=1S/C18H25FN4OS/c1-13(2)12-23-17(22-8-10-24-11-9-22)20-21-18(23)25-14(3)15-4-6-16(19)7-5-15/h4-7,13-14H,8-12H2,1-3H3/t14-/m0/s1. The highest BCUT2D eigenvalue weighted by molar-refractivity contribution is 7.99. The van der Waals surface area contributed by atoms with Gasteiger partial charge in [-0.25, -0.2) is 4.39 Å². The van der Waals surface area contributed by atoms with Crippen molar-refractivity contribution in [3.63, 3.8) is 0 Å². The van der Waals surface area contributed by atoms with E-state index in [0.717, 1.165) is 49.5 Å². The zero-order valence-electron chi connectivity index (χ0n) is 15.0. The first kappa shape index (κ1) is 18.2. The first-order valence-electron chi connectivity index (χ1n) is 8.72. The average Bonchev–Trinajstić information content (AvgIpc) is 2.98. The third-order valence-corrected chi connectivity index (χ3v) is 5.30. The predicted molar refractivity (Wildman–Crippen MR) is 98.6 cm³/mol. The number of halogens is 1. The van der Waals surface area contributed by atoms with Gasteiger partial charge < -0.3 is 9.64 Å². The normalized spacial score (nSPS) is 16.4. The SMILES string of the molecule is CC(C)Cn1c(S[C@@H](C)c2ccc(F)cc2)nnc1N1CCOCC1. The van der Waals surface area contributed by atoms with E-state index in [-0.39, 0.29) is 11.1 Å². The lowest BCUT2D eigenvalue weighted by atomic mass is 10.2. The number of aromatic nitrogens is 3. The Balaban J connectivity index is 1.82. The molecule has 0 bridgehead atoms. The number of nitrogens with zero attached hydrogens (tertiary/aromatic N) is 4. The van der Waals surface area contributed by atoms with Gasteiger partial charge in [0.1, 0.15) is 5.82 Å². The maximum absolute atomic E-state index is 13.1. The molecule has 1 aliphatic heterocycles. The molecule has 5 nitrogen and oxygen atoms in total. The van der Waals surface area contributed by atoms with Gasteiger partial charge in [-0.2, -0.15) is 0 Å². The first-order chi connectivity index (χ1) is 12.0. The van der Waals surface area contributed by atoms with Gasteiger partial charge in [0, 0.05) is 24.9 Å². The Kier molecular flexibility index (Phi) is 5.96. The van der Waals surface area contributed by atoms with Crippen molar-refractivity contribution in [3.05, 3.63) is 35.6 Å². The molecule has 0 spiro atoms. The minimum absolute atomic E-state index is 0.174. The summed E-state index contributed by atoms with van der Waals surface area (Å²) in [5, 5.41) is 9.99. The highest BCUT2D eigenvalue weighted by Crippen LogP contribution is 2.35. The fraction of sp³-hybridized carbons (Fsp3) is 0.556. The summed E-state index contributed by atoms with van der Waals surface area (Å²) >= 11 is 1.66. The van der Waals surface area contributed by atoms with E-state index in [1.165, 1.54) is 12.1 Å². The molecule has 1 aromatic heterocycles. The molecule has 1 aromatic carbocycles. The molecule has 0 saturated carbocycles. The van der Waals surface area contributed by atoms with Crippen molar-refractivity contribution in [2.45, 2.75) is 37.7 Å². The second kappa shape index (κ2) is 8.19. The average molecular weight is 364 g/mol. The summed E-state index contributed by atoms with van der Waals surface area (Å²) in [6.45, 7) is 10.5. The number of rotatable bonds is 6. The molecule has 1 aliphatic rings. The molecule has 2 aromatic rings. The molecule has 2 heterocycles. The molecular weight excluding hydrogens is 339 g/mol. The van der Waals surface area contributed by atoms with Crippen LogP contribution in [0.5, 0.6) is 0 Å². The highest BCUT2D eigenvalue weighted by atomic mass is 32.2. The zero-order valence-corrected chi connectivity index (χ0v) is 15.8. The minimum Gasteiger partial charge on any atom is -0.378 e. The van der Waals surface area contributed by atoms with E-state index >= 15 is 0 Å². The number of morpholine rings is 1. The molecule has 0 amide bonds. The highest BCUT2D eigenvalue weighted by Gasteiger charge is 2.22. The van der Waals surface area contributed by atoms with Gasteiger partial charge in [-0.3, -0.25) is 4.57 Å². The van der Waals surface area contributed by atoms with Gasteiger partial charge in [-0.1, -0.05) is 37.7 Å². The summed E-state index contributed by atoms with van der Waals surface area (Å²) < 4.78 is 20.8. The molecule has 0 radical (unpaired) electrons. The van der Waals surface area contributed by atoms with E-state index in [9.17, 15) is 4.39 Å². The molecule has 1 saturated heterocycles. The third kappa shape index (κ3) is 4.52. The minimum atomic E-state index is -0.210. The van der Waals surface area contributed by atoms with Gasteiger partial charge in [0.2, 0.25) is 5.95 Å². The van der Waals surface area contributed by atoms with Gasteiger partial charge in [-0.15, -0.1) is 10.2 Å². The van der Waals surface area contributed by atoms with Crippen LogP contribution in [0.4, 0.5) is 10.3 Å². The van der Waals surface area contributed by atoms with Crippen LogP contribution in [0.25, 0.3) is 0 Å². The topological polar surface area (TPSA) is 43.2 Å².